The van der Waals surface area contributed by atoms with Crippen LogP contribution in [0.3, 0.4) is 0 Å². The summed E-state index contributed by atoms with van der Waals surface area (Å²) in [6, 6.07) is 4.74. The van der Waals surface area contributed by atoms with E-state index in [0.29, 0.717) is 15.6 Å². The van der Waals surface area contributed by atoms with E-state index < -0.39 is 5.54 Å². The van der Waals surface area contributed by atoms with Gasteiger partial charge in [0, 0.05) is 27.4 Å². The maximum atomic E-state index is 12.2. The molecule has 2 aromatic rings. The third-order valence-electron chi connectivity index (χ3n) is 2.77. The van der Waals surface area contributed by atoms with Crippen LogP contribution in [0.25, 0.3) is 0 Å². The number of H-pyrrole nitrogens is 1. The zero-order valence-corrected chi connectivity index (χ0v) is 12.0. The molecule has 0 radical (unpaired) electrons. The number of nitrogens with one attached hydrogen (secondary N) is 2. The molecule has 0 saturated heterocycles. The molecule has 2 rings (SSSR count). The van der Waals surface area contributed by atoms with Gasteiger partial charge in [0.25, 0.3) is 5.91 Å². The largest absolute Gasteiger partial charge is 0.343 e. The van der Waals surface area contributed by atoms with Crippen LogP contribution < -0.4 is 5.32 Å². The fraction of sp³-hybridized carbons (Fsp3) is 0.231. The van der Waals surface area contributed by atoms with Gasteiger partial charge < -0.3 is 5.32 Å². The number of carbonyl (C=O) groups excluding carboxylic acids is 1. The maximum absolute atomic E-state index is 12.2. The van der Waals surface area contributed by atoms with Gasteiger partial charge in [-0.1, -0.05) is 23.2 Å². The Morgan fingerprint density at radius 2 is 1.89 bits per heavy atom. The molecule has 0 bridgehead atoms. The number of hydrogen-bond donors (Lipinski definition) is 2. The Labute approximate surface area is 121 Å². The quantitative estimate of drug-likeness (QED) is 0.912. The highest BCUT2D eigenvalue weighted by Crippen LogP contribution is 2.22. The van der Waals surface area contributed by atoms with Gasteiger partial charge in [-0.25, -0.2) is 0 Å². The van der Waals surface area contributed by atoms with Crippen LogP contribution in [0.15, 0.2) is 30.6 Å². The molecule has 0 fully saturated rings. The minimum atomic E-state index is -0.543. The number of benzene rings is 1. The van der Waals surface area contributed by atoms with Crippen molar-refractivity contribution in [1.82, 2.24) is 15.5 Å². The summed E-state index contributed by atoms with van der Waals surface area (Å²) in [5, 5.41) is 10.4. The molecule has 0 saturated carbocycles. The lowest BCUT2D eigenvalue weighted by Crippen LogP contribution is -2.40. The first-order chi connectivity index (χ1) is 8.88. The van der Waals surface area contributed by atoms with E-state index in [9.17, 15) is 4.79 Å². The number of aromatic nitrogens is 2. The molecule has 1 aromatic heterocycles. The van der Waals surface area contributed by atoms with E-state index in [2.05, 4.69) is 15.5 Å². The van der Waals surface area contributed by atoms with Crippen molar-refractivity contribution in [2.75, 3.05) is 0 Å². The first-order valence-electron chi connectivity index (χ1n) is 5.66. The molecule has 4 nitrogen and oxygen atoms in total. The van der Waals surface area contributed by atoms with Crippen LogP contribution in [0.1, 0.15) is 29.8 Å². The van der Waals surface area contributed by atoms with Gasteiger partial charge in [0.15, 0.2) is 0 Å². The Morgan fingerprint density at radius 1 is 1.26 bits per heavy atom. The van der Waals surface area contributed by atoms with Crippen molar-refractivity contribution in [3.8, 4) is 0 Å². The summed E-state index contributed by atoms with van der Waals surface area (Å²) in [7, 11) is 0. The van der Waals surface area contributed by atoms with Crippen LogP contribution in [-0.4, -0.2) is 16.1 Å². The van der Waals surface area contributed by atoms with Crippen molar-refractivity contribution >= 4 is 29.1 Å². The Bertz CT molecular complexity index is 574. The molecule has 100 valence electrons. The number of nitrogens with zero attached hydrogens (tertiary/aromatic N) is 1. The summed E-state index contributed by atoms with van der Waals surface area (Å²) in [6.07, 6.45) is 3.41. The first kappa shape index (κ1) is 13.9. The molecule has 1 amide bonds. The molecule has 0 aliphatic heterocycles. The maximum Gasteiger partial charge on any atom is 0.252 e. The summed E-state index contributed by atoms with van der Waals surface area (Å²) >= 11 is 11.8. The fourth-order valence-corrected chi connectivity index (χ4v) is 2.23. The van der Waals surface area contributed by atoms with E-state index in [0.717, 1.165) is 5.56 Å². The van der Waals surface area contributed by atoms with Gasteiger partial charge in [0.2, 0.25) is 0 Å². The van der Waals surface area contributed by atoms with Gasteiger partial charge in [-0.3, -0.25) is 9.89 Å². The van der Waals surface area contributed by atoms with Gasteiger partial charge in [-0.15, -0.1) is 0 Å². The third kappa shape index (κ3) is 3.28. The molecule has 2 N–H and O–H groups in total. The van der Waals surface area contributed by atoms with Gasteiger partial charge in [0.1, 0.15) is 0 Å². The van der Waals surface area contributed by atoms with Crippen LogP contribution in [0.4, 0.5) is 0 Å². The Balaban J connectivity index is 2.21. The molecule has 0 aliphatic carbocycles. The van der Waals surface area contributed by atoms with Crippen molar-refractivity contribution in [3.63, 3.8) is 0 Å². The molecule has 0 unspecified atom stereocenters. The summed E-state index contributed by atoms with van der Waals surface area (Å²) in [5.74, 6) is -0.240. The van der Waals surface area contributed by atoms with Crippen LogP contribution >= 0.6 is 23.2 Å². The van der Waals surface area contributed by atoms with Gasteiger partial charge in [-0.05, 0) is 32.0 Å². The van der Waals surface area contributed by atoms with Crippen molar-refractivity contribution in [3.05, 3.63) is 51.8 Å². The smallest absolute Gasteiger partial charge is 0.252 e. The monoisotopic (exact) mass is 297 g/mol. The van der Waals surface area contributed by atoms with E-state index in [1.807, 2.05) is 13.8 Å². The zero-order valence-electron chi connectivity index (χ0n) is 10.5. The number of halogens is 2. The van der Waals surface area contributed by atoms with Crippen LogP contribution in [0.2, 0.25) is 10.0 Å². The molecule has 19 heavy (non-hydrogen) atoms. The predicted molar refractivity (Wildman–Crippen MR) is 75.5 cm³/mol. The second kappa shape index (κ2) is 5.23. The van der Waals surface area contributed by atoms with Crippen LogP contribution in [-0.2, 0) is 5.54 Å². The highest BCUT2D eigenvalue weighted by Gasteiger charge is 2.24. The number of hydrogen-bond acceptors (Lipinski definition) is 2. The van der Waals surface area contributed by atoms with Crippen molar-refractivity contribution < 1.29 is 4.79 Å². The number of amides is 1. The second-order valence-electron chi connectivity index (χ2n) is 4.72. The SMILES string of the molecule is CC(C)(NC(=O)c1cc(Cl)cc(Cl)c1)c1cn[nH]c1. The standard InChI is InChI=1S/C13H13Cl2N3O/c1-13(2,9-6-16-17-7-9)18-12(19)8-3-10(14)5-11(15)4-8/h3-7H,1-2H3,(H,16,17)(H,18,19). The van der Waals surface area contributed by atoms with Gasteiger partial charge in [0.05, 0.1) is 11.7 Å². The predicted octanol–water partition coefficient (Wildman–Crippen LogP) is 3.38. The molecular formula is C13H13Cl2N3O. The first-order valence-corrected chi connectivity index (χ1v) is 6.42. The summed E-state index contributed by atoms with van der Waals surface area (Å²) in [6.45, 7) is 3.78. The molecular weight excluding hydrogens is 285 g/mol. The van der Waals surface area contributed by atoms with E-state index in [4.69, 9.17) is 23.2 Å². The molecule has 1 aromatic carbocycles. The Kier molecular flexibility index (Phi) is 3.83. The number of carbonyl (C=O) groups is 1. The van der Waals surface area contributed by atoms with Crippen LogP contribution in [0.5, 0.6) is 0 Å². The lowest BCUT2D eigenvalue weighted by Gasteiger charge is -2.25. The van der Waals surface area contributed by atoms with E-state index in [1.165, 1.54) is 0 Å². The highest BCUT2D eigenvalue weighted by atomic mass is 35.5. The molecule has 1 heterocycles. The third-order valence-corrected chi connectivity index (χ3v) is 3.21. The Hall–Kier alpha value is -1.52. The summed E-state index contributed by atoms with van der Waals surface area (Å²) in [5.41, 5.74) is 0.766. The summed E-state index contributed by atoms with van der Waals surface area (Å²) in [4.78, 5) is 12.2. The second-order valence-corrected chi connectivity index (χ2v) is 5.60. The zero-order chi connectivity index (χ0) is 14.0. The van der Waals surface area contributed by atoms with Crippen molar-refractivity contribution in [2.45, 2.75) is 19.4 Å². The molecule has 0 aliphatic rings. The lowest BCUT2D eigenvalue weighted by atomic mass is 9.97. The fourth-order valence-electron chi connectivity index (χ4n) is 1.71. The van der Waals surface area contributed by atoms with Gasteiger partial charge >= 0.3 is 0 Å². The van der Waals surface area contributed by atoms with Crippen molar-refractivity contribution in [1.29, 1.82) is 0 Å². The van der Waals surface area contributed by atoms with E-state index in [-0.39, 0.29) is 5.91 Å². The van der Waals surface area contributed by atoms with Crippen LogP contribution in [0, 0.1) is 0 Å². The van der Waals surface area contributed by atoms with Crippen molar-refractivity contribution in [2.24, 2.45) is 0 Å². The normalized spacial score (nSPS) is 11.4. The van der Waals surface area contributed by atoms with E-state index in [1.54, 1.807) is 30.6 Å². The summed E-state index contributed by atoms with van der Waals surface area (Å²) < 4.78 is 0. The Morgan fingerprint density at radius 3 is 2.42 bits per heavy atom. The minimum Gasteiger partial charge on any atom is -0.343 e. The molecule has 0 spiro atoms. The average Bonchev–Trinajstić information content (AvgIpc) is 2.80. The number of rotatable bonds is 3. The topological polar surface area (TPSA) is 57.8 Å². The lowest BCUT2D eigenvalue weighted by molar-refractivity contribution is 0.0912. The van der Waals surface area contributed by atoms with E-state index >= 15 is 0 Å². The van der Waals surface area contributed by atoms with Gasteiger partial charge in [-0.2, -0.15) is 5.10 Å². The average molecular weight is 298 g/mol. The molecule has 0 atom stereocenters. The molecule has 6 heteroatoms. The minimum absolute atomic E-state index is 0.240. The number of aromatic amines is 1. The highest BCUT2D eigenvalue weighted by molar-refractivity contribution is 6.35.